The second kappa shape index (κ2) is 8.47. The highest BCUT2D eigenvalue weighted by Gasteiger charge is 2.01. The molecule has 0 saturated heterocycles. The predicted octanol–water partition coefficient (Wildman–Crippen LogP) is 1.89. The molecule has 1 aromatic carbocycles. The van der Waals surface area contributed by atoms with Crippen molar-refractivity contribution in [1.82, 2.24) is 10.6 Å². The highest BCUT2D eigenvalue weighted by atomic mass is 32.1. The average Bonchev–Trinajstić information content (AvgIpc) is 2.37. The van der Waals surface area contributed by atoms with Gasteiger partial charge in [0.2, 0.25) is 5.91 Å². The Morgan fingerprint density at radius 2 is 1.89 bits per heavy atom. The molecule has 0 aromatic heterocycles. The first-order chi connectivity index (χ1) is 8.72. The summed E-state index contributed by atoms with van der Waals surface area (Å²) >= 11 is 5.12. The molecule has 0 heterocycles. The van der Waals surface area contributed by atoms with E-state index in [2.05, 4.69) is 16.0 Å². The third-order valence-electron chi connectivity index (χ3n) is 2.24. The Bertz CT molecular complexity index is 381. The Labute approximate surface area is 113 Å². The van der Waals surface area contributed by atoms with E-state index < -0.39 is 0 Å². The maximum Gasteiger partial charge on any atom is 0.221 e. The van der Waals surface area contributed by atoms with Crippen LogP contribution in [0.3, 0.4) is 0 Å². The molecule has 0 spiro atoms. The number of rotatable bonds is 6. The van der Waals surface area contributed by atoms with Gasteiger partial charge in [0.15, 0.2) is 5.11 Å². The molecule has 0 aliphatic heterocycles. The lowest BCUT2D eigenvalue weighted by atomic mass is 10.3. The molecule has 0 radical (unpaired) electrons. The Morgan fingerprint density at radius 1 is 1.17 bits per heavy atom. The van der Waals surface area contributed by atoms with Gasteiger partial charge in [0.05, 0.1) is 0 Å². The maximum atomic E-state index is 11.3. The van der Waals surface area contributed by atoms with Crippen LogP contribution in [-0.2, 0) is 4.79 Å². The third kappa shape index (κ3) is 6.20. The summed E-state index contributed by atoms with van der Waals surface area (Å²) in [6.07, 6.45) is 1.38. The average molecular weight is 265 g/mol. The van der Waals surface area contributed by atoms with Gasteiger partial charge in [-0.3, -0.25) is 4.79 Å². The molecule has 0 aliphatic rings. The van der Waals surface area contributed by atoms with Crippen LogP contribution in [0.4, 0.5) is 5.69 Å². The molecule has 0 saturated carbocycles. The normalized spacial score (nSPS) is 9.61. The highest BCUT2D eigenvalue weighted by Crippen LogP contribution is 2.04. The molecule has 1 rings (SSSR count). The van der Waals surface area contributed by atoms with Gasteiger partial charge in [0, 0.05) is 25.2 Å². The summed E-state index contributed by atoms with van der Waals surface area (Å²) in [5, 5.41) is 9.39. The monoisotopic (exact) mass is 265 g/mol. The first kappa shape index (κ1) is 14.4. The number of benzene rings is 1. The molecule has 1 aromatic rings. The molecule has 18 heavy (non-hydrogen) atoms. The zero-order valence-electron chi connectivity index (χ0n) is 10.5. The Hall–Kier alpha value is -1.62. The summed E-state index contributed by atoms with van der Waals surface area (Å²) in [5.41, 5.74) is 0.936. The van der Waals surface area contributed by atoms with Crippen LogP contribution in [0.2, 0.25) is 0 Å². The zero-order valence-corrected chi connectivity index (χ0v) is 11.3. The van der Waals surface area contributed by atoms with Crippen LogP contribution in [0.1, 0.15) is 19.8 Å². The van der Waals surface area contributed by atoms with Gasteiger partial charge in [-0.05, 0) is 30.8 Å². The van der Waals surface area contributed by atoms with Crippen LogP contribution in [0, 0.1) is 0 Å². The molecule has 98 valence electrons. The van der Waals surface area contributed by atoms with Crippen molar-refractivity contribution in [1.29, 1.82) is 0 Å². The van der Waals surface area contributed by atoms with Crippen molar-refractivity contribution in [2.45, 2.75) is 19.8 Å². The van der Waals surface area contributed by atoms with E-state index in [4.69, 9.17) is 12.2 Å². The van der Waals surface area contributed by atoms with E-state index in [1.54, 1.807) is 0 Å². The Morgan fingerprint density at radius 3 is 2.56 bits per heavy atom. The lowest BCUT2D eigenvalue weighted by Gasteiger charge is -2.10. The molecule has 0 bridgehead atoms. The van der Waals surface area contributed by atoms with Crippen molar-refractivity contribution in [3.8, 4) is 0 Å². The van der Waals surface area contributed by atoms with Gasteiger partial charge in [-0.15, -0.1) is 0 Å². The van der Waals surface area contributed by atoms with Gasteiger partial charge >= 0.3 is 0 Å². The Kier molecular flexibility index (Phi) is 6.79. The first-order valence-electron chi connectivity index (χ1n) is 6.09. The molecular weight excluding hydrogens is 246 g/mol. The number of thiocarbonyl (C=S) groups is 1. The largest absolute Gasteiger partial charge is 0.362 e. The second-order valence-electron chi connectivity index (χ2n) is 3.85. The van der Waals surface area contributed by atoms with E-state index in [9.17, 15) is 4.79 Å². The lowest BCUT2D eigenvalue weighted by Crippen LogP contribution is -2.33. The van der Waals surface area contributed by atoms with Crippen LogP contribution in [0.15, 0.2) is 30.3 Å². The fourth-order valence-electron chi connectivity index (χ4n) is 1.34. The zero-order chi connectivity index (χ0) is 13.2. The van der Waals surface area contributed by atoms with Crippen molar-refractivity contribution in [3.63, 3.8) is 0 Å². The highest BCUT2D eigenvalue weighted by molar-refractivity contribution is 7.80. The fourth-order valence-corrected chi connectivity index (χ4v) is 1.56. The number of anilines is 1. The van der Waals surface area contributed by atoms with Crippen molar-refractivity contribution in [2.24, 2.45) is 0 Å². The number of hydrogen-bond acceptors (Lipinski definition) is 2. The molecule has 0 unspecified atom stereocenters. The minimum atomic E-state index is 0.0480. The van der Waals surface area contributed by atoms with E-state index in [0.717, 1.165) is 18.7 Å². The summed E-state index contributed by atoms with van der Waals surface area (Å²) in [6.45, 7) is 3.29. The van der Waals surface area contributed by atoms with Crippen molar-refractivity contribution >= 4 is 28.9 Å². The standard InChI is InChI=1S/C13H19N3OS/c1-2-9-14-12(17)8-10-15-13(18)16-11-6-4-3-5-7-11/h3-7H,2,8-10H2,1H3,(H,14,17)(H2,15,16,18). The fraction of sp³-hybridized carbons (Fsp3) is 0.385. The minimum Gasteiger partial charge on any atom is -0.362 e. The SMILES string of the molecule is CCCNC(=O)CCNC(=S)Nc1ccccc1. The van der Waals surface area contributed by atoms with E-state index in [1.807, 2.05) is 37.3 Å². The number of carbonyl (C=O) groups excluding carboxylic acids is 1. The van der Waals surface area contributed by atoms with Gasteiger partial charge in [0.25, 0.3) is 0 Å². The molecule has 0 fully saturated rings. The number of nitrogens with one attached hydrogen (secondary N) is 3. The van der Waals surface area contributed by atoms with Gasteiger partial charge in [-0.2, -0.15) is 0 Å². The number of amides is 1. The quantitative estimate of drug-likeness (QED) is 0.688. The molecular formula is C13H19N3OS. The van der Waals surface area contributed by atoms with E-state index >= 15 is 0 Å². The van der Waals surface area contributed by atoms with Crippen LogP contribution >= 0.6 is 12.2 Å². The van der Waals surface area contributed by atoms with Crippen molar-refractivity contribution < 1.29 is 4.79 Å². The van der Waals surface area contributed by atoms with Crippen molar-refractivity contribution in [2.75, 3.05) is 18.4 Å². The molecule has 3 N–H and O–H groups in total. The molecule has 4 nitrogen and oxygen atoms in total. The first-order valence-corrected chi connectivity index (χ1v) is 6.49. The summed E-state index contributed by atoms with van der Waals surface area (Å²) in [4.78, 5) is 11.3. The van der Waals surface area contributed by atoms with Crippen molar-refractivity contribution in [3.05, 3.63) is 30.3 Å². The van der Waals surface area contributed by atoms with Crippen LogP contribution in [0.5, 0.6) is 0 Å². The lowest BCUT2D eigenvalue weighted by molar-refractivity contribution is -0.120. The third-order valence-corrected chi connectivity index (χ3v) is 2.49. The summed E-state index contributed by atoms with van der Waals surface area (Å²) in [6, 6.07) is 9.68. The smallest absolute Gasteiger partial charge is 0.221 e. The van der Waals surface area contributed by atoms with Crippen LogP contribution < -0.4 is 16.0 Å². The van der Waals surface area contributed by atoms with E-state index in [1.165, 1.54) is 0 Å². The van der Waals surface area contributed by atoms with Crippen LogP contribution in [-0.4, -0.2) is 24.1 Å². The molecule has 0 atom stereocenters. The molecule has 0 aliphatic carbocycles. The number of carbonyl (C=O) groups is 1. The summed E-state index contributed by atoms with van der Waals surface area (Å²) in [5.74, 6) is 0.0480. The minimum absolute atomic E-state index is 0.0480. The van der Waals surface area contributed by atoms with Crippen LogP contribution in [0.25, 0.3) is 0 Å². The predicted molar refractivity (Wildman–Crippen MR) is 78.6 cm³/mol. The summed E-state index contributed by atoms with van der Waals surface area (Å²) in [7, 11) is 0. The Balaban J connectivity index is 2.16. The molecule has 5 heteroatoms. The topological polar surface area (TPSA) is 53.2 Å². The van der Waals surface area contributed by atoms with E-state index in [-0.39, 0.29) is 5.91 Å². The van der Waals surface area contributed by atoms with Gasteiger partial charge in [-0.25, -0.2) is 0 Å². The van der Waals surface area contributed by atoms with Gasteiger partial charge in [0.1, 0.15) is 0 Å². The van der Waals surface area contributed by atoms with E-state index in [0.29, 0.717) is 18.1 Å². The number of para-hydroxylation sites is 1. The number of hydrogen-bond donors (Lipinski definition) is 3. The maximum absolute atomic E-state index is 11.3. The second-order valence-corrected chi connectivity index (χ2v) is 4.26. The molecule has 1 amide bonds. The van der Waals surface area contributed by atoms with Gasteiger partial charge in [-0.1, -0.05) is 25.1 Å². The summed E-state index contributed by atoms with van der Waals surface area (Å²) < 4.78 is 0. The van der Waals surface area contributed by atoms with Gasteiger partial charge < -0.3 is 16.0 Å².